The minimum Gasteiger partial charge on any atom is -0.457 e. The highest BCUT2D eigenvalue weighted by atomic mass is 16.5. The molecule has 7 rings (SSSR count). The first-order valence-corrected chi connectivity index (χ1v) is 17.7. The van der Waals surface area contributed by atoms with Crippen molar-refractivity contribution in [2.24, 2.45) is 5.92 Å². The fourth-order valence-corrected chi connectivity index (χ4v) is 7.01. The molecule has 4 aromatic carbocycles. The molecular weight excluding hydrogens is 601 g/mol. The van der Waals surface area contributed by atoms with E-state index in [1.807, 2.05) is 12.3 Å². The van der Waals surface area contributed by atoms with E-state index in [4.69, 9.17) is 14.8 Å². The number of unbranched alkanes of at least 4 members (excludes halogenated alkanes) is 1. The Kier molecular flexibility index (Phi) is 9.09. The molecular formula is C44H46N4O. The van der Waals surface area contributed by atoms with Crippen LogP contribution >= 0.6 is 0 Å². The number of pyridine rings is 1. The van der Waals surface area contributed by atoms with E-state index in [1.165, 1.54) is 51.4 Å². The van der Waals surface area contributed by atoms with Crippen LogP contribution in [-0.2, 0) is 12.8 Å². The van der Waals surface area contributed by atoms with Gasteiger partial charge in [0, 0.05) is 40.4 Å². The summed E-state index contributed by atoms with van der Waals surface area (Å²) in [5.41, 5.74) is 11.5. The van der Waals surface area contributed by atoms with Crippen LogP contribution in [0.3, 0.4) is 0 Å². The molecule has 0 aliphatic carbocycles. The molecule has 0 bridgehead atoms. The number of ether oxygens (including phenoxy) is 1. The van der Waals surface area contributed by atoms with E-state index in [-0.39, 0.29) is 0 Å². The van der Waals surface area contributed by atoms with Crippen LogP contribution in [-0.4, -0.2) is 19.3 Å². The Bertz CT molecular complexity index is 2260. The van der Waals surface area contributed by atoms with E-state index in [0.29, 0.717) is 5.92 Å². The second-order valence-electron chi connectivity index (χ2n) is 13.9. The largest absolute Gasteiger partial charge is 0.457 e. The van der Waals surface area contributed by atoms with Crippen molar-refractivity contribution in [2.45, 2.75) is 73.6 Å². The molecule has 0 aliphatic rings. The summed E-state index contributed by atoms with van der Waals surface area (Å²) < 4.78 is 11.1. The summed E-state index contributed by atoms with van der Waals surface area (Å²) in [6, 6.07) is 34.7. The van der Waals surface area contributed by atoms with Gasteiger partial charge in [0.15, 0.2) is 0 Å². The second-order valence-corrected chi connectivity index (χ2v) is 13.9. The van der Waals surface area contributed by atoms with Crippen molar-refractivity contribution in [3.05, 3.63) is 131 Å². The summed E-state index contributed by atoms with van der Waals surface area (Å²) in [7, 11) is 0. The first-order chi connectivity index (χ1) is 23.8. The lowest BCUT2D eigenvalue weighted by molar-refractivity contribution is 0.481. The lowest BCUT2D eigenvalue weighted by Gasteiger charge is -2.14. The Labute approximate surface area is 290 Å². The van der Waals surface area contributed by atoms with Gasteiger partial charge < -0.3 is 4.74 Å². The standard InChI is InChI=1S/C44H46N4O/c1-7-8-12-33-17-20-41-40(26-33)39-19-18-37(28-42(39)47(41)43-23-30(4)21-22-45-43)49-38-25-34(16-15-29(2)3)24-36(27-38)48-32(6)44(31(5)46-48)35-13-10-9-11-14-35/h9-11,13-14,17-29H,7-8,12,15-16H2,1-6H3. The van der Waals surface area contributed by atoms with Gasteiger partial charge in [0.1, 0.15) is 17.3 Å². The first-order valence-electron chi connectivity index (χ1n) is 17.7. The van der Waals surface area contributed by atoms with E-state index in [9.17, 15) is 0 Å². The maximum atomic E-state index is 6.77. The van der Waals surface area contributed by atoms with Crippen LogP contribution in [0.25, 0.3) is 44.4 Å². The molecule has 0 aliphatic heterocycles. The minimum atomic E-state index is 0.605. The quantitative estimate of drug-likeness (QED) is 0.140. The van der Waals surface area contributed by atoms with Gasteiger partial charge >= 0.3 is 0 Å². The summed E-state index contributed by atoms with van der Waals surface area (Å²) in [5, 5.41) is 7.48. The number of benzene rings is 4. The highest BCUT2D eigenvalue weighted by Gasteiger charge is 2.18. The molecule has 0 unspecified atom stereocenters. The molecule has 3 heterocycles. The van der Waals surface area contributed by atoms with Crippen LogP contribution in [0.2, 0.25) is 0 Å². The minimum absolute atomic E-state index is 0.605. The lowest BCUT2D eigenvalue weighted by atomic mass is 10.0. The number of fused-ring (bicyclic) bond motifs is 3. The first kappa shape index (κ1) is 32.4. The summed E-state index contributed by atoms with van der Waals surface area (Å²) in [6.07, 6.45) is 7.42. The zero-order valence-corrected chi connectivity index (χ0v) is 29.6. The molecule has 5 heteroatoms. The monoisotopic (exact) mass is 646 g/mol. The third kappa shape index (κ3) is 6.63. The van der Waals surface area contributed by atoms with E-state index >= 15 is 0 Å². The second kappa shape index (κ2) is 13.8. The van der Waals surface area contributed by atoms with Crippen LogP contribution in [0.5, 0.6) is 11.5 Å². The Balaban J connectivity index is 1.33. The van der Waals surface area contributed by atoms with Gasteiger partial charge in [-0.15, -0.1) is 0 Å². The fourth-order valence-electron chi connectivity index (χ4n) is 7.01. The number of hydrogen-bond acceptors (Lipinski definition) is 3. The van der Waals surface area contributed by atoms with E-state index in [1.54, 1.807) is 0 Å². The zero-order chi connectivity index (χ0) is 34.1. The molecule has 0 saturated carbocycles. The number of hydrogen-bond donors (Lipinski definition) is 0. The zero-order valence-electron chi connectivity index (χ0n) is 29.6. The van der Waals surface area contributed by atoms with Crippen LogP contribution < -0.4 is 4.74 Å². The van der Waals surface area contributed by atoms with Crippen LogP contribution in [0.4, 0.5) is 0 Å². The molecule has 0 spiro atoms. The molecule has 0 radical (unpaired) electrons. The molecule has 49 heavy (non-hydrogen) atoms. The average molecular weight is 647 g/mol. The Morgan fingerprint density at radius 2 is 1.57 bits per heavy atom. The molecule has 0 amide bonds. The van der Waals surface area contributed by atoms with Crippen molar-refractivity contribution in [2.75, 3.05) is 0 Å². The summed E-state index contributed by atoms with van der Waals surface area (Å²) in [6.45, 7) is 13.2. The van der Waals surface area contributed by atoms with Crippen molar-refractivity contribution in [1.29, 1.82) is 0 Å². The number of aromatic nitrogens is 4. The third-order valence-electron chi connectivity index (χ3n) is 9.55. The molecule has 0 saturated heterocycles. The van der Waals surface area contributed by atoms with Gasteiger partial charge in [-0.1, -0.05) is 63.6 Å². The van der Waals surface area contributed by atoms with Crippen molar-refractivity contribution in [3.63, 3.8) is 0 Å². The van der Waals surface area contributed by atoms with Crippen molar-refractivity contribution in [1.82, 2.24) is 19.3 Å². The van der Waals surface area contributed by atoms with Crippen molar-refractivity contribution in [3.8, 4) is 34.1 Å². The van der Waals surface area contributed by atoms with Gasteiger partial charge in [-0.2, -0.15) is 5.10 Å². The van der Waals surface area contributed by atoms with Gasteiger partial charge in [-0.25, -0.2) is 9.67 Å². The third-order valence-corrected chi connectivity index (χ3v) is 9.55. The molecule has 0 atom stereocenters. The molecule has 0 fully saturated rings. The summed E-state index contributed by atoms with van der Waals surface area (Å²) in [4.78, 5) is 4.81. The SMILES string of the molecule is CCCCc1ccc2c(c1)c1ccc(Oc3cc(CCC(C)C)cc(-n4nc(C)c(-c5ccccc5)c4C)c3)cc1n2-c1cc(C)ccn1. The Morgan fingerprint density at radius 1 is 0.735 bits per heavy atom. The Hall–Kier alpha value is -5.16. The summed E-state index contributed by atoms with van der Waals surface area (Å²) >= 11 is 0. The Morgan fingerprint density at radius 3 is 2.35 bits per heavy atom. The van der Waals surface area contributed by atoms with Gasteiger partial charge in [0.25, 0.3) is 0 Å². The van der Waals surface area contributed by atoms with Crippen LogP contribution in [0, 0.1) is 26.7 Å². The van der Waals surface area contributed by atoms with Crippen molar-refractivity contribution >= 4 is 21.8 Å². The fraction of sp³-hybridized carbons (Fsp3) is 0.273. The molecule has 7 aromatic rings. The van der Waals surface area contributed by atoms with E-state index < -0.39 is 0 Å². The van der Waals surface area contributed by atoms with Crippen LogP contribution in [0.1, 0.15) is 68.1 Å². The van der Waals surface area contributed by atoms with Gasteiger partial charge in [-0.3, -0.25) is 4.57 Å². The molecule has 248 valence electrons. The number of rotatable bonds is 11. The number of aryl methyl sites for hydroxylation is 4. The average Bonchev–Trinajstić information content (AvgIpc) is 3.58. The highest BCUT2D eigenvalue weighted by Crippen LogP contribution is 2.37. The van der Waals surface area contributed by atoms with Crippen molar-refractivity contribution < 1.29 is 4.74 Å². The van der Waals surface area contributed by atoms with E-state index in [2.05, 4.69) is 142 Å². The maximum Gasteiger partial charge on any atom is 0.137 e. The summed E-state index contributed by atoms with van der Waals surface area (Å²) in [5.74, 6) is 3.12. The van der Waals surface area contributed by atoms with E-state index in [0.717, 1.165) is 64.7 Å². The number of nitrogens with zero attached hydrogens (tertiary/aromatic N) is 4. The van der Waals surface area contributed by atoms with Gasteiger partial charge in [0.05, 0.1) is 22.4 Å². The maximum absolute atomic E-state index is 6.77. The predicted octanol–water partition coefficient (Wildman–Crippen LogP) is 11.7. The highest BCUT2D eigenvalue weighted by molar-refractivity contribution is 6.09. The normalized spacial score (nSPS) is 11.7. The van der Waals surface area contributed by atoms with Gasteiger partial charge in [0.2, 0.25) is 0 Å². The smallest absolute Gasteiger partial charge is 0.137 e. The topological polar surface area (TPSA) is 44.9 Å². The predicted molar refractivity (Wildman–Crippen MR) is 204 cm³/mol. The molecule has 0 N–H and O–H groups in total. The molecule has 5 nitrogen and oxygen atoms in total. The van der Waals surface area contributed by atoms with Crippen LogP contribution in [0.15, 0.2) is 103 Å². The lowest BCUT2D eigenvalue weighted by Crippen LogP contribution is -2.02. The van der Waals surface area contributed by atoms with Gasteiger partial charge in [-0.05, 0) is 123 Å². The molecule has 3 aromatic heterocycles.